The highest BCUT2D eigenvalue weighted by Crippen LogP contribution is 2.17. The minimum Gasteiger partial charge on any atom is -0.408 e. The van der Waals surface area contributed by atoms with Gasteiger partial charge in [0.25, 0.3) is 0 Å². The van der Waals surface area contributed by atoms with Crippen LogP contribution in [-0.2, 0) is 16.6 Å². The Balaban J connectivity index is 1.60. The SMILES string of the molecule is O=c1[nH]c2ccc(S(=O)(=O)NCc3cn4ccsc4n3)cc2o1. The Morgan fingerprint density at radius 3 is 3.09 bits per heavy atom. The zero-order chi connectivity index (χ0) is 16.0. The summed E-state index contributed by atoms with van der Waals surface area (Å²) in [5.41, 5.74) is 1.26. The van der Waals surface area contributed by atoms with Crippen LogP contribution in [0.25, 0.3) is 16.1 Å². The number of rotatable bonds is 4. The first-order chi connectivity index (χ1) is 11.0. The molecule has 0 atom stereocenters. The average molecular weight is 350 g/mol. The van der Waals surface area contributed by atoms with Crippen molar-refractivity contribution in [2.24, 2.45) is 0 Å². The number of sulfonamides is 1. The number of nitrogens with one attached hydrogen (secondary N) is 2. The maximum Gasteiger partial charge on any atom is 0.417 e. The maximum atomic E-state index is 12.3. The zero-order valence-corrected chi connectivity index (χ0v) is 13.1. The summed E-state index contributed by atoms with van der Waals surface area (Å²) in [5, 5.41) is 1.90. The van der Waals surface area contributed by atoms with Gasteiger partial charge in [0.15, 0.2) is 10.5 Å². The fraction of sp³-hybridized carbons (Fsp3) is 0.0769. The number of oxazole rings is 1. The first-order valence-electron chi connectivity index (χ1n) is 6.55. The minimum atomic E-state index is -3.73. The molecule has 0 amide bonds. The Bertz CT molecular complexity index is 1140. The molecule has 0 saturated carbocycles. The molecule has 0 aliphatic heterocycles. The lowest BCUT2D eigenvalue weighted by Gasteiger charge is -2.04. The normalized spacial score (nSPS) is 12.3. The highest BCUT2D eigenvalue weighted by Gasteiger charge is 2.16. The second-order valence-electron chi connectivity index (χ2n) is 4.82. The van der Waals surface area contributed by atoms with Crippen molar-refractivity contribution in [3.8, 4) is 0 Å². The summed E-state index contributed by atoms with van der Waals surface area (Å²) < 4.78 is 33.9. The van der Waals surface area contributed by atoms with Gasteiger partial charge in [-0.2, -0.15) is 0 Å². The first-order valence-corrected chi connectivity index (χ1v) is 8.91. The van der Waals surface area contributed by atoms with Gasteiger partial charge in [-0.1, -0.05) is 0 Å². The third kappa shape index (κ3) is 2.56. The van der Waals surface area contributed by atoms with Crippen LogP contribution in [0.1, 0.15) is 5.69 Å². The number of hydrogen-bond donors (Lipinski definition) is 2. The molecular weight excluding hydrogens is 340 g/mol. The van der Waals surface area contributed by atoms with E-state index in [0.717, 1.165) is 4.96 Å². The largest absolute Gasteiger partial charge is 0.417 e. The number of nitrogens with zero attached hydrogens (tertiary/aromatic N) is 2. The first kappa shape index (κ1) is 14.2. The van der Waals surface area contributed by atoms with Gasteiger partial charge >= 0.3 is 5.76 Å². The lowest BCUT2D eigenvalue weighted by atomic mass is 10.3. The molecule has 3 aromatic heterocycles. The molecule has 4 rings (SSSR count). The Morgan fingerprint density at radius 1 is 1.39 bits per heavy atom. The van der Waals surface area contributed by atoms with Gasteiger partial charge in [-0.3, -0.25) is 9.38 Å². The molecule has 0 aliphatic rings. The maximum absolute atomic E-state index is 12.3. The van der Waals surface area contributed by atoms with Crippen LogP contribution in [0, 0.1) is 0 Å². The predicted molar refractivity (Wildman–Crippen MR) is 83.9 cm³/mol. The number of hydrogen-bond acceptors (Lipinski definition) is 6. The van der Waals surface area contributed by atoms with Gasteiger partial charge in [-0.05, 0) is 12.1 Å². The summed E-state index contributed by atoms with van der Waals surface area (Å²) >= 11 is 1.47. The summed E-state index contributed by atoms with van der Waals surface area (Å²) in [6.07, 6.45) is 3.62. The molecule has 0 spiro atoms. The third-order valence-electron chi connectivity index (χ3n) is 3.29. The standard InChI is InChI=1S/C13H10N4O4S2/c18-13-16-10-2-1-9(5-11(10)21-13)23(19,20)14-6-8-7-17-3-4-22-12(17)15-8/h1-5,7,14H,6H2,(H,16,18). The highest BCUT2D eigenvalue weighted by atomic mass is 32.2. The Kier molecular flexibility index (Phi) is 3.11. The second-order valence-corrected chi connectivity index (χ2v) is 7.46. The van der Waals surface area contributed by atoms with E-state index in [-0.39, 0.29) is 17.0 Å². The van der Waals surface area contributed by atoms with Crippen LogP contribution in [-0.4, -0.2) is 22.8 Å². The smallest absolute Gasteiger partial charge is 0.408 e. The van der Waals surface area contributed by atoms with Gasteiger partial charge < -0.3 is 4.42 Å². The van der Waals surface area contributed by atoms with Crippen LogP contribution >= 0.6 is 11.3 Å². The van der Waals surface area contributed by atoms with E-state index >= 15 is 0 Å². The van der Waals surface area contributed by atoms with Gasteiger partial charge in [0, 0.05) is 23.8 Å². The molecule has 3 heterocycles. The topological polar surface area (TPSA) is 109 Å². The van der Waals surface area contributed by atoms with E-state index in [0.29, 0.717) is 11.2 Å². The van der Waals surface area contributed by atoms with E-state index in [1.54, 1.807) is 6.20 Å². The van der Waals surface area contributed by atoms with Crippen LogP contribution in [0.2, 0.25) is 0 Å². The van der Waals surface area contributed by atoms with Crippen LogP contribution in [0.15, 0.2) is 50.1 Å². The molecule has 118 valence electrons. The Morgan fingerprint density at radius 2 is 2.26 bits per heavy atom. The molecule has 0 saturated heterocycles. The molecule has 0 fully saturated rings. The lowest BCUT2D eigenvalue weighted by Crippen LogP contribution is -2.23. The van der Waals surface area contributed by atoms with Gasteiger partial charge in [0.2, 0.25) is 10.0 Å². The molecule has 8 nitrogen and oxygen atoms in total. The van der Waals surface area contributed by atoms with Gasteiger partial charge in [0.1, 0.15) is 0 Å². The number of H-pyrrole nitrogens is 1. The second kappa shape index (κ2) is 5.05. The number of thiazole rings is 1. The van der Waals surface area contributed by atoms with Gasteiger partial charge in [-0.15, -0.1) is 11.3 Å². The van der Waals surface area contributed by atoms with Crippen LogP contribution in [0.3, 0.4) is 0 Å². The monoisotopic (exact) mass is 350 g/mol. The molecule has 0 bridgehead atoms. The molecular formula is C13H10N4O4S2. The van der Waals surface area contributed by atoms with Crippen LogP contribution in [0.5, 0.6) is 0 Å². The lowest BCUT2D eigenvalue weighted by molar-refractivity contribution is 0.553. The van der Waals surface area contributed by atoms with Crippen LogP contribution < -0.4 is 10.5 Å². The van der Waals surface area contributed by atoms with E-state index in [4.69, 9.17) is 4.42 Å². The van der Waals surface area contributed by atoms with Crippen molar-refractivity contribution in [2.75, 3.05) is 0 Å². The summed E-state index contributed by atoms with van der Waals surface area (Å²) in [6, 6.07) is 4.20. The molecule has 0 radical (unpaired) electrons. The van der Waals surface area contributed by atoms with E-state index in [2.05, 4.69) is 14.7 Å². The Labute approximate surface area is 133 Å². The molecule has 23 heavy (non-hydrogen) atoms. The van der Waals surface area contributed by atoms with E-state index in [9.17, 15) is 13.2 Å². The Hall–Kier alpha value is -2.43. The fourth-order valence-corrected chi connectivity index (χ4v) is 3.94. The predicted octanol–water partition coefficient (Wildman–Crippen LogP) is 1.31. The summed E-state index contributed by atoms with van der Waals surface area (Å²) in [4.78, 5) is 18.7. The summed E-state index contributed by atoms with van der Waals surface area (Å²) in [5.74, 6) is -0.624. The van der Waals surface area contributed by atoms with E-state index in [1.807, 2.05) is 16.0 Å². The molecule has 2 N–H and O–H groups in total. The van der Waals surface area contributed by atoms with Crippen LogP contribution in [0.4, 0.5) is 0 Å². The van der Waals surface area contributed by atoms with Crippen molar-refractivity contribution in [2.45, 2.75) is 11.4 Å². The quantitative estimate of drug-likeness (QED) is 0.577. The minimum absolute atomic E-state index is 0.0220. The van der Waals surface area contributed by atoms with Crippen molar-refractivity contribution in [1.82, 2.24) is 19.1 Å². The van der Waals surface area contributed by atoms with E-state index in [1.165, 1.54) is 29.5 Å². The van der Waals surface area contributed by atoms with Gasteiger partial charge in [-0.25, -0.2) is 22.9 Å². The zero-order valence-electron chi connectivity index (χ0n) is 11.5. The average Bonchev–Trinajstić information content (AvgIpc) is 3.16. The van der Waals surface area contributed by atoms with Crippen molar-refractivity contribution < 1.29 is 12.8 Å². The number of aromatic amines is 1. The summed E-state index contributed by atoms with van der Waals surface area (Å²) in [7, 11) is -3.73. The molecule has 10 heteroatoms. The molecule has 0 aliphatic carbocycles. The number of imidazole rings is 1. The van der Waals surface area contributed by atoms with Gasteiger partial charge in [0.05, 0.1) is 22.7 Å². The highest BCUT2D eigenvalue weighted by molar-refractivity contribution is 7.89. The van der Waals surface area contributed by atoms with E-state index < -0.39 is 15.8 Å². The number of fused-ring (bicyclic) bond motifs is 2. The summed E-state index contributed by atoms with van der Waals surface area (Å²) in [6.45, 7) is 0.0753. The number of aromatic nitrogens is 3. The third-order valence-corrected chi connectivity index (χ3v) is 5.46. The number of benzene rings is 1. The fourth-order valence-electron chi connectivity index (χ4n) is 2.21. The van der Waals surface area contributed by atoms with Crippen molar-refractivity contribution in [3.05, 3.63) is 52.2 Å². The molecule has 0 unspecified atom stereocenters. The molecule has 1 aromatic carbocycles. The van der Waals surface area contributed by atoms with Crippen molar-refractivity contribution >= 4 is 37.4 Å². The molecule has 4 aromatic rings. The van der Waals surface area contributed by atoms with Crippen molar-refractivity contribution in [3.63, 3.8) is 0 Å². The van der Waals surface area contributed by atoms with Crippen molar-refractivity contribution in [1.29, 1.82) is 0 Å².